The molecule has 0 aliphatic carbocycles. The normalized spacial score (nSPS) is 10.7. The first kappa shape index (κ1) is 9.13. The van der Waals surface area contributed by atoms with Gasteiger partial charge in [0.2, 0.25) is 0 Å². The quantitative estimate of drug-likeness (QED) is 0.706. The van der Waals surface area contributed by atoms with Crippen molar-refractivity contribution in [1.82, 2.24) is 4.98 Å². The van der Waals surface area contributed by atoms with Crippen molar-refractivity contribution < 1.29 is 4.39 Å². The van der Waals surface area contributed by atoms with Gasteiger partial charge in [-0.15, -0.1) is 0 Å². The largest absolute Gasteiger partial charge is 0.256 e. The van der Waals surface area contributed by atoms with Crippen molar-refractivity contribution in [2.24, 2.45) is 0 Å². The van der Waals surface area contributed by atoms with E-state index in [2.05, 4.69) is 11.9 Å². The lowest BCUT2D eigenvalue weighted by molar-refractivity contribution is 0.629. The van der Waals surface area contributed by atoms with Gasteiger partial charge in [-0.2, -0.15) is 0 Å². The van der Waals surface area contributed by atoms with Crippen LogP contribution in [0.3, 0.4) is 0 Å². The molecule has 1 aromatic heterocycles. The lowest BCUT2D eigenvalue weighted by Crippen LogP contribution is -1.87. The summed E-state index contributed by atoms with van der Waals surface area (Å²) >= 11 is 0. The Morgan fingerprint density at radius 2 is 2.14 bits per heavy atom. The Hall–Kier alpha value is -1.44. The van der Waals surface area contributed by atoms with Gasteiger partial charge in [-0.3, -0.25) is 4.98 Å². The molecule has 2 aromatic rings. The van der Waals surface area contributed by atoms with Gasteiger partial charge in [-0.1, -0.05) is 13.3 Å². The van der Waals surface area contributed by atoms with Crippen molar-refractivity contribution in [2.45, 2.75) is 19.8 Å². The Balaban J connectivity index is 2.52. The Labute approximate surface area is 82.6 Å². The fourth-order valence-electron chi connectivity index (χ4n) is 1.57. The van der Waals surface area contributed by atoms with E-state index in [4.69, 9.17) is 0 Å². The van der Waals surface area contributed by atoms with Gasteiger partial charge in [-0.05, 0) is 36.2 Å². The predicted octanol–water partition coefficient (Wildman–Crippen LogP) is 3.33. The van der Waals surface area contributed by atoms with E-state index >= 15 is 0 Å². The van der Waals surface area contributed by atoms with Crippen LogP contribution in [-0.4, -0.2) is 4.98 Å². The molecule has 0 saturated carbocycles. The predicted molar refractivity (Wildman–Crippen MR) is 55.7 cm³/mol. The Bertz CT molecular complexity index is 451. The molecule has 2 rings (SSSR count). The average molecular weight is 189 g/mol. The minimum absolute atomic E-state index is 0.201. The first-order chi connectivity index (χ1) is 6.79. The molecule has 72 valence electrons. The van der Waals surface area contributed by atoms with Gasteiger partial charge >= 0.3 is 0 Å². The molecule has 0 bridgehead atoms. The first-order valence-electron chi connectivity index (χ1n) is 4.84. The highest BCUT2D eigenvalue weighted by atomic mass is 19.1. The number of pyridine rings is 1. The number of hydrogen-bond acceptors (Lipinski definition) is 1. The van der Waals surface area contributed by atoms with Crippen molar-refractivity contribution >= 4 is 10.9 Å². The van der Waals surface area contributed by atoms with E-state index < -0.39 is 0 Å². The summed E-state index contributed by atoms with van der Waals surface area (Å²) in [5.41, 5.74) is 2.02. The van der Waals surface area contributed by atoms with E-state index in [1.807, 2.05) is 12.3 Å². The fraction of sp³-hybridized carbons (Fsp3) is 0.250. The van der Waals surface area contributed by atoms with E-state index in [-0.39, 0.29) is 5.82 Å². The number of aryl methyl sites for hydroxylation is 1. The van der Waals surface area contributed by atoms with E-state index in [0.717, 1.165) is 23.7 Å². The number of hydrogen-bond donors (Lipinski definition) is 0. The molecule has 0 saturated heterocycles. The molecular weight excluding hydrogens is 177 g/mol. The Morgan fingerprint density at radius 3 is 2.93 bits per heavy atom. The zero-order valence-electron chi connectivity index (χ0n) is 8.13. The molecule has 0 fully saturated rings. The number of nitrogens with zero attached hydrogens (tertiary/aromatic N) is 1. The molecule has 1 aromatic carbocycles. The molecular formula is C12H12FN. The van der Waals surface area contributed by atoms with Gasteiger partial charge in [0, 0.05) is 11.6 Å². The van der Waals surface area contributed by atoms with E-state index in [9.17, 15) is 4.39 Å². The summed E-state index contributed by atoms with van der Waals surface area (Å²) in [6, 6.07) is 6.69. The van der Waals surface area contributed by atoms with E-state index in [1.54, 1.807) is 6.07 Å². The summed E-state index contributed by atoms with van der Waals surface area (Å²) in [7, 11) is 0. The van der Waals surface area contributed by atoms with Crippen LogP contribution < -0.4 is 0 Å². The van der Waals surface area contributed by atoms with Crippen molar-refractivity contribution in [3.05, 3.63) is 41.8 Å². The second-order valence-electron chi connectivity index (χ2n) is 3.43. The van der Waals surface area contributed by atoms with Gasteiger partial charge in [0.05, 0.1) is 5.52 Å². The van der Waals surface area contributed by atoms with Crippen LogP contribution in [0.4, 0.5) is 4.39 Å². The molecule has 0 amide bonds. The van der Waals surface area contributed by atoms with Crippen molar-refractivity contribution in [3.63, 3.8) is 0 Å². The Kier molecular flexibility index (Phi) is 2.44. The van der Waals surface area contributed by atoms with Crippen molar-refractivity contribution in [2.75, 3.05) is 0 Å². The maximum absolute atomic E-state index is 12.9. The topological polar surface area (TPSA) is 12.9 Å². The molecule has 0 aliphatic rings. The fourth-order valence-corrected chi connectivity index (χ4v) is 1.57. The number of aromatic nitrogens is 1. The second-order valence-corrected chi connectivity index (χ2v) is 3.43. The van der Waals surface area contributed by atoms with Gasteiger partial charge in [-0.25, -0.2) is 4.39 Å². The second kappa shape index (κ2) is 3.74. The summed E-state index contributed by atoms with van der Waals surface area (Å²) in [5.74, 6) is -0.201. The summed E-state index contributed by atoms with van der Waals surface area (Å²) in [4.78, 5) is 4.27. The zero-order chi connectivity index (χ0) is 9.97. The minimum atomic E-state index is -0.201. The highest BCUT2D eigenvalue weighted by Crippen LogP contribution is 2.15. The molecule has 0 radical (unpaired) electrons. The number of benzene rings is 1. The van der Waals surface area contributed by atoms with Crippen LogP contribution in [-0.2, 0) is 6.42 Å². The monoisotopic (exact) mass is 189 g/mol. The van der Waals surface area contributed by atoms with Gasteiger partial charge in [0.15, 0.2) is 0 Å². The van der Waals surface area contributed by atoms with E-state index in [1.165, 1.54) is 17.7 Å². The third kappa shape index (κ3) is 1.74. The van der Waals surface area contributed by atoms with Crippen LogP contribution in [0.15, 0.2) is 30.5 Å². The number of fused-ring (bicyclic) bond motifs is 1. The highest BCUT2D eigenvalue weighted by molar-refractivity contribution is 5.78. The number of rotatable bonds is 2. The summed E-state index contributed by atoms with van der Waals surface area (Å²) in [6.07, 6.45) is 3.95. The van der Waals surface area contributed by atoms with Crippen molar-refractivity contribution in [1.29, 1.82) is 0 Å². The minimum Gasteiger partial charge on any atom is -0.256 e. The van der Waals surface area contributed by atoms with Gasteiger partial charge in [0.25, 0.3) is 0 Å². The summed E-state index contributed by atoms with van der Waals surface area (Å²) in [5, 5.41) is 0.885. The molecule has 1 nitrogen and oxygen atoms in total. The van der Waals surface area contributed by atoms with Crippen LogP contribution in [0.25, 0.3) is 10.9 Å². The average Bonchev–Trinajstić information content (AvgIpc) is 2.17. The number of halogens is 1. The molecule has 14 heavy (non-hydrogen) atoms. The van der Waals surface area contributed by atoms with Crippen LogP contribution in [0.1, 0.15) is 18.9 Å². The molecule has 0 spiro atoms. The molecule has 0 unspecified atom stereocenters. The summed E-state index contributed by atoms with van der Waals surface area (Å²) in [6.45, 7) is 2.12. The maximum atomic E-state index is 12.9. The standard InChI is InChI=1S/C12H12FN/c1-2-3-9-6-10-7-11(13)4-5-12(10)14-8-9/h4-8H,2-3H2,1H3. The van der Waals surface area contributed by atoms with Crippen LogP contribution in [0, 0.1) is 5.82 Å². The third-order valence-electron chi connectivity index (χ3n) is 2.24. The molecule has 2 heteroatoms. The SMILES string of the molecule is CCCc1cnc2ccc(F)cc2c1. The Morgan fingerprint density at radius 1 is 1.29 bits per heavy atom. The molecule has 0 N–H and O–H groups in total. The van der Waals surface area contributed by atoms with Crippen LogP contribution in [0.2, 0.25) is 0 Å². The summed E-state index contributed by atoms with van der Waals surface area (Å²) < 4.78 is 12.9. The maximum Gasteiger partial charge on any atom is 0.123 e. The molecule has 0 atom stereocenters. The lowest BCUT2D eigenvalue weighted by Gasteiger charge is -2.01. The van der Waals surface area contributed by atoms with Crippen LogP contribution in [0.5, 0.6) is 0 Å². The lowest BCUT2D eigenvalue weighted by atomic mass is 10.1. The highest BCUT2D eigenvalue weighted by Gasteiger charge is 1.98. The van der Waals surface area contributed by atoms with E-state index in [0.29, 0.717) is 0 Å². The van der Waals surface area contributed by atoms with Gasteiger partial charge in [0.1, 0.15) is 5.82 Å². The zero-order valence-corrected chi connectivity index (χ0v) is 8.13. The van der Waals surface area contributed by atoms with Crippen molar-refractivity contribution in [3.8, 4) is 0 Å². The molecule has 1 heterocycles. The molecule has 0 aliphatic heterocycles. The first-order valence-corrected chi connectivity index (χ1v) is 4.84. The smallest absolute Gasteiger partial charge is 0.123 e. The van der Waals surface area contributed by atoms with Gasteiger partial charge < -0.3 is 0 Å². The van der Waals surface area contributed by atoms with Crippen LogP contribution >= 0.6 is 0 Å². The third-order valence-corrected chi connectivity index (χ3v) is 2.24.